The zero-order chi connectivity index (χ0) is 14.1. The summed E-state index contributed by atoms with van der Waals surface area (Å²) in [4.78, 5) is 12.5. The van der Waals surface area contributed by atoms with Crippen molar-refractivity contribution in [1.29, 1.82) is 0 Å². The third kappa shape index (κ3) is 2.27. The van der Waals surface area contributed by atoms with Crippen molar-refractivity contribution in [3.8, 4) is 5.75 Å². The summed E-state index contributed by atoms with van der Waals surface area (Å²) < 4.78 is 7.28. The van der Waals surface area contributed by atoms with Crippen molar-refractivity contribution >= 4 is 11.7 Å². The van der Waals surface area contributed by atoms with Crippen molar-refractivity contribution in [2.45, 2.75) is 19.3 Å². The van der Waals surface area contributed by atoms with E-state index in [0.29, 0.717) is 18.8 Å². The number of nitrogens with one attached hydrogen (secondary N) is 1. The second kappa shape index (κ2) is 5.00. The summed E-state index contributed by atoms with van der Waals surface area (Å²) in [5, 5.41) is 7.17. The Labute approximate surface area is 117 Å². The molecule has 0 spiro atoms. The van der Waals surface area contributed by atoms with Crippen LogP contribution in [0.1, 0.15) is 23.5 Å². The van der Waals surface area contributed by atoms with Crippen LogP contribution < -0.4 is 10.1 Å². The largest absolute Gasteiger partial charge is 0.493 e. The van der Waals surface area contributed by atoms with Crippen molar-refractivity contribution < 1.29 is 9.53 Å². The number of nitrogens with zero attached hydrogens (tertiary/aromatic N) is 2. The Kier molecular flexibility index (Phi) is 3.18. The van der Waals surface area contributed by atoms with Gasteiger partial charge in [0.1, 0.15) is 5.75 Å². The second-order valence-corrected chi connectivity index (χ2v) is 5.05. The number of carbonyl (C=O) groups is 1. The highest BCUT2D eigenvalue weighted by Gasteiger charge is 2.28. The molecule has 0 radical (unpaired) electrons. The molecule has 1 unspecified atom stereocenters. The predicted molar refractivity (Wildman–Crippen MR) is 75.9 cm³/mol. The number of fused-ring (bicyclic) bond motifs is 1. The van der Waals surface area contributed by atoms with E-state index in [-0.39, 0.29) is 11.8 Å². The highest BCUT2D eigenvalue weighted by Crippen LogP contribution is 2.34. The lowest BCUT2D eigenvalue weighted by Crippen LogP contribution is -2.26. The lowest BCUT2D eigenvalue weighted by Gasteiger charge is -2.24. The van der Waals surface area contributed by atoms with Crippen LogP contribution in [-0.2, 0) is 11.8 Å². The predicted octanol–water partition coefficient (Wildman–Crippen LogP) is 2.23. The number of para-hydroxylation sites is 1. The molecule has 0 fully saturated rings. The molecule has 2 heterocycles. The van der Waals surface area contributed by atoms with Crippen molar-refractivity contribution in [3.05, 3.63) is 41.6 Å². The SMILES string of the molecule is Cc1cn(C)nc1NC(=O)C1CCOc2ccccc21. The molecule has 0 saturated carbocycles. The van der Waals surface area contributed by atoms with Crippen molar-refractivity contribution in [3.63, 3.8) is 0 Å². The van der Waals surface area contributed by atoms with Gasteiger partial charge < -0.3 is 10.1 Å². The van der Waals surface area contributed by atoms with Gasteiger partial charge in [-0.2, -0.15) is 5.10 Å². The molecule has 0 saturated heterocycles. The Morgan fingerprint density at radius 3 is 3.00 bits per heavy atom. The molecule has 104 valence electrons. The smallest absolute Gasteiger partial charge is 0.233 e. The van der Waals surface area contributed by atoms with Gasteiger partial charge in [0.05, 0.1) is 12.5 Å². The Bertz CT molecular complexity index is 648. The molecular weight excluding hydrogens is 254 g/mol. The maximum atomic E-state index is 12.5. The quantitative estimate of drug-likeness (QED) is 0.911. The fourth-order valence-corrected chi connectivity index (χ4v) is 2.55. The van der Waals surface area contributed by atoms with Crippen LogP contribution in [0.3, 0.4) is 0 Å². The van der Waals surface area contributed by atoms with E-state index in [9.17, 15) is 4.79 Å². The molecular formula is C15H17N3O2. The first kappa shape index (κ1) is 12.7. The number of hydrogen-bond donors (Lipinski definition) is 1. The van der Waals surface area contributed by atoms with E-state index in [1.165, 1.54) is 0 Å². The highest BCUT2D eigenvalue weighted by atomic mass is 16.5. The number of carbonyl (C=O) groups excluding carboxylic acids is 1. The number of hydrogen-bond acceptors (Lipinski definition) is 3. The van der Waals surface area contributed by atoms with Crippen LogP contribution in [0.4, 0.5) is 5.82 Å². The number of aromatic nitrogens is 2. The molecule has 1 N–H and O–H groups in total. The van der Waals surface area contributed by atoms with E-state index in [1.54, 1.807) is 4.68 Å². The minimum Gasteiger partial charge on any atom is -0.493 e. The number of amides is 1. The fourth-order valence-electron chi connectivity index (χ4n) is 2.55. The average Bonchev–Trinajstić information content (AvgIpc) is 2.76. The molecule has 1 aromatic carbocycles. The second-order valence-electron chi connectivity index (χ2n) is 5.05. The zero-order valence-corrected chi connectivity index (χ0v) is 11.6. The van der Waals surface area contributed by atoms with E-state index in [0.717, 1.165) is 16.9 Å². The van der Waals surface area contributed by atoms with Gasteiger partial charge in [-0.25, -0.2) is 0 Å². The molecule has 0 bridgehead atoms. The number of aryl methyl sites for hydroxylation is 2. The Hall–Kier alpha value is -2.30. The number of benzene rings is 1. The summed E-state index contributed by atoms with van der Waals surface area (Å²) >= 11 is 0. The van der Waals surface area contributed by atoms with Gasteiger partial charge in [0.25, 0.3) is 0 Å². The van der Waals surface area contributed by atoms with Gasteiger partial charge in [-0.05, 0) is 19.4 Å². The topological polar surface area (TPSA) is 56.2 Å². The average molecular weight is 271 g/mol. The third-order valence-corrected chi connectivity index (χ3v) is 3.53. The van der Waals surface area contributed by atoms with E-state index in [1.807, 2.05) is 44.4 Å². The Morgan fingerprint density at radius 2 is 2.25 bits per heavy atom. The lowest BCUT2D eigenvalue weighted by molar-refractivity contribution is -0.118. The summed E-state index contributed by atoms with van der Waals surface area (Å²) in [7, 11) is 1.84. The van der Waals surface area contributed by atoms with Gasteiger partial charge in [-0.15, -0.1) is 0 Å². The van der Waals surface area contributed by atoms with Crippen LogP contribution in [0.25, 0.3) is 0 Å². The summed E-state index contributed by atoms with van der Waals surface area (Å²) in [6, 6.07) is 7.70. The van der Waals surface area contributed by atoms with Crippen molar-refractivity contribution in [1.82, 2.24) is 9.78 Å². The minimum absolute atomic E-state index is 0.0254. The van der Waals surface area contributed by atoms with Gasteiger partial charge in [-0.3, -0.25) is 9.48 Å². The summed E-state index contributed by atoms with van der Waals surface area (Å²) in [6.45, 7) is 2.50. The van der Waals surface area contributed by atoms with Crippen LogP contribution in [0.2, 0.25) is 0 Å². The molecule has 2 aromatic rings. The molecule has 3 rings (SSSR count). The summed E-state index contributed by atoms with van der Waals surface area (Å²) in [5.74, 6) is 1.22. The first-order valence-electron chi connectivity index (χ1n) is 6.68. The fraction of sp³-hybridized carbons (Fsp3) is 0.333. The number of anilines is 1. The van der Waals surface area contributed by atoms with Gasteiger partial charge >= 0.3 is 0 Å². The van der Waals surface area contributed by atoms with E-state index in [2.05, 4.69) is 10.4 Å². The van der Waals surface area contributed by atoms with Gasteiger partial charge in [-0.1, -0.05) is 18.2 Å². The van der Waals surface area contributed by atoms with Gasteiger partial charge in [0.15, 0.2) is 5.82 Å². The molecule has 5 heteroatoms. The van der Waals surface area contributed by atoms with E-state index in [4.69, 9.17) is 4.74 Å². The number of ether oxygens (including phenoxy) is 1. The first-order valence-corrected chi connectivity index (χ1v) is 6.68. The van der Waals surface area contributed by atoms with Gasteiger partial charge in [0.2, 0.25) is 5.91 Å². The maximum Gasteiger partial charge on any atom is 0.233 e. The van der Waals surface area contributed by atoms with E-state index >= 15 is 0 Å². The molecule has 1 amide bonds. The monoisotopic (exact) mass is 271 g/mol. The molecule has 20 heavy (non-hydrogen) atoms. The van der Waals surface area contributed by atoms with Crippen molar-refractivity contribution in [2.75, 3.05) is 11.9 Å². The standard InChI is InChI=1S/C15H17N3O2/c1-10-9-18(2)17-14(10)16-15(19)12-7-8-20-13-6-4-3-5-11(12)13/h3-6,9,12H,7-8H2,1-2H3,(H,16,17,19). The highest BCUT2D eigenvalue weighted by molar-refractivity contribution is 5.96. The van der Waals surface area contributed by atoms with Crippen LogP contribution in [0.15, 0.2) is 30.5 Å². The molecule has 0 aliphatic carbocycles. The van der Waals surface area contributed by atoms with Crippen LogP contribution >= 0.6 is 0 Å². The lowest BCUT2D eigenvalue weighted by atomic mass is 9.92. The van der Waals surface area contributed by atoms with Crippen LogP contribution in [0, 0.1) is 6.92 Å². The Balaban J connectivity index is 1.83. The zero-order valence-electron chi connectivity index (χ0n) is 11.6. The first-order chi connectivity index (χ1) is 9.65. The van der Waals surface area contributed by atoms with Crippen molar-refractivity contribution in [2.24, 2.45) is 7.05 Å². The normalized spacial score (nSPS) is 17.2. The minimum atomic E-state index is -0.179. The number of rotatable bonds is 2. The van der Waals surface area contributed by atoms with Crippen LogP contribution in [-0.4, -0.2) is 22.3 Å². The summed E-state index contributed by atoms with van der Waals surface area (Å²) in [5.41, 5.74) is 1.91. The molecule has 5 nitrogen and oxygen atoms in total. The van der Waals surface area contributed by atoms with E-state index < -0.39 is 0 Å². The summed E-state index contributed by atoms with van der Waals surface area (Å²) in [6.07, 6.45) is 2.57. The van der Waals surface area contributed by atoms with Gasteiger partial charge in [0, 0.05) is 24.4 Å². The third-order valence-electron chi connectivity index (χ3n) is 3.53. The Morgan fingerprint density at radius 1 is 1.45 bits per heavy atom. The maximum absolute atomic E-state index is 12.5. The van der Waals surface area contributed by atoms with Crippen LogP contribution in [0.5, 0.6) is 5.75 Å². The molecule has 1 aromatic heterocycles. The molecule has 1 aliphatic rings. The molecule has 1 aliphatic heterocycles. The molecule has 1 atom stereocenters.